The molecule has 0 saturated heterocycles. The molecule has 0 aliphatic carbocycles. The van der Waals surface area contributed by atoms with Crippen molar-refractivity contribution in [2.75, 3.05) is 11.9 Å². The molecule has 1 aliphatic rings. The van der Waals surface area contributed by atoms with Crippen molar-refractivity contribution in [1.29, 1.82) is 0 Å². The van der Waals surface area contributed by atoms with Gasteiger partial charge in [-0.15, -0.1) is 0 Å². The molecular formula is C9H11NSe. The van der Waals surface area contributed by atoms with Crippen molar-refractivity contribution in [3.8, 4) is 0 Å². The van der Waals surface area contributed by atoms with Crippen LogP contribution in [-0.4, -0.2) is 26.9 Å². The van der Waals surface area contributed by atoms with Gasteiger partial charge in [-0.25, -0.2) is 0 Å². The van der Waals surface area contributed by atoms with Crippen LogP contribution in [0.2, 0.25) is 0 Å². The van der Waals surface area contributed by atoms with E-state index in [9.17, 15) is 0 Å². The van der Waals surface area contributed by atoms with E-state index in [0.29, 0.717) is 15.0 Å². The Morgan fingerprint density at radius 3 is 2.82 bits per heavy atom. The van der Waals surface area contributed by atoms with Crippen molar-refractivity contribution in [2.24, 2.45) is 0 Å². The van der Waals surface area contributed by atoms with Gasteiger partial charge in [0.15, 0.2) is 0 Å². The second-order valence-electron chi connectivity index (χ2n) is 2.80. The van der Waals surface area contributed by atoms with Gasteiger partial charge in [0, 0.05) is 0 Å². The number of hydrogen-bond acceptors (Lipinski definition) is 1. The minimum absolute atomic E-state index is 0.658. The van der Waals surface area contributed by atoms with Crippen LogP contribution in [0.4, 0.5) is 5.69 Å². The molecule has 0 N–H and O–H groups in total. The van der Waals surface area contributed by atoms with Crippen molar-refractivity contribution >= 4 is 25.1 Å². The molecule has 11 heavy (non-hydrogen) atoms. The van der Waals surface area contributed by atoms with Crippen molar-refractivity contribution in [3.63, 3.8) is 0 Å². The van der Waals surface area contributed by atoms with Crippen molar-refractivity contribution in [2.45, 2.75) is 11.9 Å². The van der Waals surface area contributed by atoms with Crippen LogP contribution in [0.1, 0.15) is 6.92 Å². The summed E-state index contributed by atoms with van der Waals surface area (Å²) in [6.07, 6.45) is 0. The summed E-state index contributed by atoms with van der Waals surface area (Å²) in [6, 6.07) is 8.70. The third kappa shape index (κ3) is 1.07. The normalized spacial score (nSPS) is 22.0. The van der Waals surface area contributed by atoms with E-state index >= 15 is 0 Å². The Kier molecular flexibility index (Phi) is 1.67. The van der Waals surface area contributed by atoms with Crippen molar-refractivity contribution in [3.05, 3.63) is 24.3 Å². The molecule has 0 aromatic heterocycles. The van der Waals surface area contributed by atoms with E-state index in [-0.39, 0.29) is 0 Å². The second-order valence-corrected chi connectivity index (χ2v) is 5.64. The summed E-state index contributed by atoms with van der Waals surface area (Å²) < 4.78 is 1.55. The molecule has 1 aromatic carbocycles. The maximum atomic E-state index is 2.37. The third-order valence-electron chi connectivity index (χ3n) is 2.09. The fourth-order valence-electron chi connectivity index (χ4n) is 1.31. The molecule has 1 atom stereocenters. The van der Waals surface area contributed by atoms with E-state index in [4.69, 9.17) is 0 Å². The predicted molar refractivity (Wildman–Crippen MR) is 49.7 cm³/mol. The quantitative estimate of drug-likeness (QED) is 0.575. The van der Waals surface area contributed by atoms with E-state index in [1.54, 1.807) is 4.46 Å². The van der Waals surface area contributed by atoms with Crippen LogP contribution in [0, 0.1) is 0 Å². The second kappa shape index (κ2) is 2.54. The molecule has 1 aliphatic heterocycles. The summed E-state index contributed by atoms with van der Waals surface area (Å²) in [4.78, 5) is 3.11. The molecule has 1 nitrogen and oxygen atoms in total. The van der Waals surface area contributed by atoms with Crippen LogP contribution in [0.15, 0.2) is 24.3 Å². The average molecular weight is 212 g/mol. The predicted octanol–water partition coefficient (Wildman–Crippen LogP) is 0.812. The van der Waals surface area contributed by atoms with Crippen LogP contribution >= 0.6 is 0 Å². The molecule has 1 unspecified atom stereocenters. The molecule has 2 rings (SSSR count). The summed E-state index contributed by atoms with van der Waals surface area (Å²) in [6.45, 7) is 2.29. The van der Waals surface area contributed by atoms with Gasteiger partial charge >= 0.3 is 73.2 Å². The zero-order chi connectivity index (χ0) is 7.84. The Labute approximate surface area is 73.6 Å². The van der Waals surface area contributed by atoms with Gasteiger partial charge in [0.05, 0.1) is 0 Å². The fraction of sp³-hybridized carbons (Fsp3) is 0.333. The zero-order valence-corrected chi connectivity index (χ0v) is 8.46. The zero-order valence-electron chi connectivity index (χ0n) is 6.74. The number of anilines is 1. The summed E-state index contributed by atoms with van der Waals surface area (Å²) >= 11 is 0.658. The number of nitrogens with zero attached hydrogens (tertiary/aromatic N) is 1. The third-order valence-corrected chi connectivity index (χ3v) is 4.72. The number of hydrogen-bond donors (Lipinski definition) is 0. The Bertz CT molecular complexity index is 272. The molecule has 0 radical (unpaired) electrons. The number of rotatable bonds is 0. The fourth-order valence-corrected chi connectivity index (χ4v) is 3.68. The molecule has 0 fully saturated rings. The molecule has 0 saturated carbocycles. The molecule has 58 valence electrons. The molecule has 0 amide bonds. The Balaban J connectivity index is 2.47. The summed E-state index contributed by atoms with van der Waals surface area (Å²) in [5.74, 6) is 0. The first-order valence-electron chi connectivity index (χ1n) is 3.77. The van der Waals surface area contributed by atoms with Gasteiger partial charge in [-0.1, -0.05) is 0 Å². The van der Waals surface area contributed by atoms with Gasteiger partial charge in [0.2, 0.25) is 0 Å². The maximum absolute atomic E-state index is 2.37. The van der Waals surface area contributed by atoms with Crippen molar-refractivity contribution < 1.29 is 0 Å². The van der Waals surface area contributed by atoms with Crippen LogP contribution in [0.3, 0.4) is 0 Å². The molecule has 0 spiro atoms. The molecule has 1 heterocycles. The first kappa shape index (κ1) is 7.20. The Morgan fingerprint density at radius 1 is 1.36 bits per heavy atom. The SMILES string of the molecule is CC1[Se]c2ccccc2N1C. The van der Waals surface area contributed by atoms with Crippen LogP contribution in [0.25, 0.3) is 0 Å². The van der Waals surface area contributed by atoms with Gasteiger partial charge in [-0.3, -0.25) is 0 Å². The van der Waals surface area contributed by atoms with E-state index < -0.39 is 0 Å². The minimum atomic E-state index is 0.658. The number of fused-ring (bicyclic) bond motifs is 1. The monoisotopic (exact) mass is 213 g/mol. The standard InChI is InChI=1S/C9H11NSe/c1-7-10(2)8-5-3-4-6-9(8)11-7/h3-7H,1-2H3. The summed E-state index contributed by atoms with van der Waals surface area (Å²) in [5, 5.41) is 0. The molecule has 0 bridgehead atoms. The topological polar surface area (TPSA) is 3.24 Å². The Morgan fingerprint density at radius 2 is 2.09 bits per heavy atom. The van der Waals surface area contributed by atoms with Crippen molar-refractivity contribution in [1.82, 2.24) is 0 Å². The summed E-state index contributed by atoms with van der Waals surface area (Å²) in [7, 11) is 2.18. The first-order valence-corrected chi connectivity index (χ1v) is 5.62. The van der Waals surface area contributed by atoms with E-state index in [1.807, 2.05) is 0 Å². The van der Waals surface area contributed by atoms with Gasteiger partial charge in [-0.05, 0) is 0 Å². The first-order chi connectivity index (χ1) is 5.29. The van der Waals surface area contributed by atoms with Gasteiger partial charge in [-0.2, -0.15) is 0 Å². The molecule has 2 heteroatoms. The average Bonchev–Trinajstić information content (AvgIpc) is 2.30. The Hall–Kier alpha value is -0.461. The van der Waals surface area contributed by atoms with Gasteiger partial charge < -0.3 is 0 Å². The van der Waals surface area contributed by atoms with Gasteiger partial charge in [0.1, 0.15) is 0 Å². The summed E-state index contributed by atoms with van der Waals surface area (Å²) in [5.41, 5.74) is 1.43. The van der Waals surface area contributed by atoms with Crippen LogP contribution < -0.4 is 9.36 Å². The van der Waals surface area contributed by atoms with E-state index in [2.05, 4.69) is 43.1 Å². The molecular weight excluding hydrogens is 201 g/mol. The van der Waals surface area contributed by atoms with E-state index in [1.165, 1.54) is 5.69 Å². The number of benzene rings is 1. The number of para-hydroxylation sites is 1. The van der Waals surface area contributed by atoms with Gasteiger partial charge in [0.25, 0.3) is 0 Å². The van der Waals surface area contributed by atoms with Crippen LogP contribution in [0.5, 0.6) is 0 Å². The van der Waals surface area contributed by atoms with E-state index in [0.717, 1.165) is 4.94 Å². The molecule has 1 aromatic rings. The van der Waals surface area contributed by atoms with Crippen LogP contribution in [-0.2, 0) is 0 Å².